The van der Waals surface area contributed by atoms with Gasteiger partial charge in [-0.25, -0.2) is 8.42 Å². The number of β-amino-alcohol motifs (C(OH)–C–C–N with tert-alkyl or cyclic N) is 1. The van der Waals surface area contributed by atoms with Crippen LogP contribution in [0.5, 0.6) is 5.75 Å². The van der Waals surface area contributed by atoms with Crippen molar-refractivity contribution in [3.8, 4) is 17.6 Å². The molecule has 0 aliphatic carbocycles. The highest BCUT2D eigenvalue weighted by Gasteiger charge is 2.30. The molecule has 0 bridgehead atoms. The lowest BCUT2D eigenvalue weighted by Gasteiger charge is -2.34. The van der Waals surface area contributed by atoms with E-state index in [4.69, 9.17) is 9.47 Å². The van der Waals surface area contributed by atoms with Gasteiger partial charge in [-0.15, -0.1) is 0 Å². The number of sulfone groups is 1. The van der Waals surface area contributed by atoms with E-state index in [1.807, 2.05) is 6.07 Å². The first-order chi connectivity index (χ1) is 20.9. The molecule has 2 aromatic carbocycles. The fourth-order valence-electron chi connectivity index (χ4n) is 5.34. The number of hydrogen-bond donors (Lipinski definition) is 3. The van der Waals surface area contributed by atoms with Crippen molar-refractivity contribution >= 4 is 32.1 Å². The second-order valence-electron chi connectivity index (χ2n) is 10.7. The Hall–Kier alpha value is -3.44. The summed E-state index contributed by atoms with van der Waals surface area (Å²) in [4.78, 5) is 2.32. The number of nitrogens with one attached hydrogen (secondary N) is 2. The lowest BCUT2D eigenvalue weighted by Crippen LogP contribution is -2.43. The standard InChI is InChI=1S/C31H39F3N4O5S/c1-4-44(40,41)25-10-11-28(30(18-25)43-3)35-14-6-7-23-17-26-27(8-5-9-29(26)38(23)21-31(32,33)34)36-22-12-15-37(16-13-22)19-24(39)20-42-2/h5,8-11,17-18,22,24,35-36,39H,4,12-16,19-21H2,1-3H3. The SMILES string of the molecule is CCS(=O)(=O)c1ccc(NCC#Cc2cc3c(NC4CCN(CC(O)COC)CC4)cccc3n2CC(F)(F)F)c(OC)c1. The molecule has 3 N–H and O–H groups in total. The largest absolute Gasteiger partial charge is 0.495 e. The summed E-state index contributed by atoms with van der Waals surface area (Å²) in [7, 11) is -0.438. The van der Waals surface area contributed by atoms with Crippen LogP contribution in [0.15, 0.2) is 47.4 Å². The van der Waals surface area contributed by atoms with Crippen LogP contribution in [0, 0.1) is 11.8 Å². The number of likely N-dealkylation sites (tertiary alicyclic amines) is 1. The monoisotopic (exact) mass is 636 g/mol. The van der Waals surface area contributed by atoms with E-state index in [9.17, 15) is 26.7 Å². The van der Waals surface area contributed by atoms with Gasteiger partial charge in [0.2, 0.25) is 0 Å². The van der Waals surface area contributed by atoms with Crippen molar-refractivity contribution in [2.45, 2.75) is 49.5 Å². The van der Waals surface area contributed by atoms with Crippen LogP contribution in [0.2, 0.25) is 0 Å². The Balaban J connectivity index is 1.51. The molecule has 1 atom stereocenters. The van der Waals surface area contributed by atoms with Crippen LogP contribution in [0.1, 0.15) is 25.5 Å². The fraction of sp³-hybridized carbons (Fsp3) is 0.484. The molecule has 0 saturated carbocycles. The first-order valence-electron chi connectivity index (χ1n) is 14.4. The molecule has 1 aliphatic heterocycles. The number of anilines is 2. The predicted octanol–water partition coefficient (Wildman–Crippen LogP) is 4.35. The van der Waals surface area contributed by atoms with Crippen LogP contribution in [0.3, 0.4) is 0 Å². The summed E-state index contributed by atoms with van der Waals surface area (Å²) in [6.45, 7) is 2.86. The van der Waals surface area contributed by atoms with Crippen LogP contribution < -0.4 is 15.4 Å². The zero-order valence-corrected chi connectivity index (χ0v) is 25.9. The highest BCUT2D eigenvalue weighted by atomic mass is 32.2. The number of piperidine rings is 1. The summed E-state index contributed by atoms with van der Waals surface area (Å²) in [6, 6.07) is 11.6. The predicted molar refractivity (Wildman–Crippen MR) is 165 cm³/mol. The topological polar surface area (TPSA) is 105 Å². The minimum atomic E-state index is -4.45. The highest BCUT2D eigenvalue weighted by Crippen LogP contribution is 2.32. The van der Waals surface area contributed by atoms with Crippen molar-refractivity contribution in [2.24, 2.45) is 0 Å². The first kappa shape index (κ1) is 33.5. The summed E-state index contributed by atoms with van der Waals surface area (Å²) in [6.07, 6.45) is -3.34. The molecule has 2 heterocycles. The van der Waals surface area contributed by atoms with Gasteiger partial charge < -0.3 is 34.7 Å². The Morgan fingerprint density at radius 3 is 2.52 bits per heavy atom. The zero-order valence-electron chi connectivity index (χ0n) is 25.1. The minimum absolute atomic E-state index is 0.0445. The average Bonchev–Trinajstić information content (AvgIpc) is 3.32. The molecule has 1 saturated heterocycles. The quantitative estimate of drug-likeness (QED) is 0.252. The zero-order chi connectivity index (χ0) is 31.9. The lowest BCUT2D eigenvalue weighted by molar-refractivity contribution is -0.140. The van der Waals surface area contributed by atoms with Crippen LogP contribution in [-0.4, -0.2) is 94.1 Å². The normalized spacial score (nSPS) is 15.5. The molecule has 1 unspecified atom stereocenters. The Morgan fingerprint density at radius 1 is 1.11 bits per heavy atom. The van der Waals surface area contributed by atoms with Gasteiger partial charge in [0, 0.05) is 49.9 Å². The molecule has 44 heavy (non-hydrogen) atoms. The third kappa shape index (κ3) is 8.59. The maximum Gasteiger partial charge on any atom is 0.406 e. The summed E-state index contributed by atoms with van der Waals surface area (Å²) in [5, 5.41) is 17.3. The van der Waals surface area contributed by atoms with Gasteiger partial charge in [0.25, 0.3) is 0 Å². The summed E-state index contributed by atoms with van der Waals surface area (Å²) >= 11 is 0. The average molecular weight is 637 g/mol. The molecule has 1 aliphatic rings. The van der Waals surface area contributed by atoms with E-state index >= 15 is 0 Å². The van der Waals surface area contributed by atoms with Gasteiger partial charge >= 0.3 is 6.18 Å². The third-order valence-electron chi connectivity index (χ3n) is 7.55. The van der Waals surface area contributed by atoms with Crippen molar-refractivity contribution in [3.05, 3.63) is 48.2 Å². The highest BCUT2D eigenvalue weighted by molar-refractivity contribution is 7.91. The number of alkyl halides is 3. The molecular formula is C31H39F3N4O5S. The molecule has 1 fully saturated rings. The van der Waals surface area contributed by atoms with Gasteiger partial charge in [-0.05, 0) is 49.1 Å². The Morgan fingerprint density at radius 2 is 1.86 bits per heavy atom. The summed E-state index contributed by atoms with van der Waals surface area (Å²) < 4.78 is 76.8. The van der Waals surface area contributed by atoms with Gasteiger partial charge in [-0.3, -0.25) is 0 Å². The maximum atomic E-state index is 13.6. The van der Waals surface area contributed by atoms with E-state index in [2.05, 4.69) is 27.4 Å². The Bertz CT molecular complexity index is 1590. The van der Waals surface area contributed by atoms with Crippen LogP contribution in [-0.2, 0) is 21.1 Å². The number of methoxy groups -OCH3 is 2. The lowest BCUT2D eigenvalue weighted by atomic mass is 10.0. The summed E-state index contributed by atoms with van der Waals surface area (Å²) in [5.41, 5.74) is 1.92. The summed E-state index contributed by atoms with van der Waals surface area (Å²) in [5.74, 6) is 6.06. The smallest absolute Gasteiger partial charge is 0.406 e. The van der Waals surface area contributed by atoms with Crippen LogP contribution in [0.4, 0.5) is 24.5 Å². The number of fused-ring (bicyclic) bond motifs is 1. The molecule has 1 aromatic heterocycles. The molecular weight excluding hydrogens is 597 g/mol. The van der Waals surface area contributed by atoms with Crippen molar-refractivity contribution in [1.29, 1.82) is 0 Å². The van der Waals surface area contributed by atoms with Gasteiger partial charge in [0.15, 0.2) is 9.84 Å². The number of halogens is 3. The Labute approximate surface area is 256 Å². The number of aromatic nitrogens is 1. The first-order valence-corrected chi connectivity index (χ1v) is 16.1. The minimum Gasteiger partial charge on any atom is -0.495 e. The van der Waals surface area contributed by atoms with Gasteiger partial charge in [-0.1, -0.05) is 18.9 Å². The molecule has 0 radical (unpaired) electrons. The second kappa shape index (κ2) is 14.6. The van der Waals surface area contributed by atoms with E-state index in [1.165, 1.54) is 23.8 Å². The van der Waals surface area contributed by atoms with Crippen molar-refractivity contribution in [2.75, 3.05) is 63.4 Å². The van der Waals surface area contributed by atoms with Gasteiger partial charge in [0.1, 0.15) is 12.3 Å². The van der Waals surface area contributed by atoms with Crippen molar-refractivity contribution in [3.63, 3.8) is 0 Å². The number of aliphatic hydroxyl groups excluding tert-OH is 1. The molecule has 240 valence electrons. The molecule has 4 rings (SSSR count). The number of hydrogen-bond acceptors (Lipinski definition) is 8. The molecule has 0 amide bonds. The number of ether oxygens (including phenoxy) is 2. The fourth-order valence-corrected chi connectivity index (χ4v) is 6.23. The number of aliphatic hydroxyl groups is 1. The van der Waals surface area contributed by atoms with E-state index in [0.717, 1.165) is 31.6 Å². The van der Waals surface area contributed by atoms with Crippen LogP contribution in [0.25, 0.3) is 10.9 Å². The number of nitrogens with zero attached hydrogens (tertiary/aromatic N) is 2. The molecule has 0 spiro atoms. The van der Waals surface area contributed by atoms with Gasteiger partial charge in [-0.2, -0.15) is 13.2 Å². The van der Waals surface area contributed by atoms with E-state index in [-0.39, 0.29) is 35.5 Å². The van der Waals surface area contributed by atoms with Crippen molar-refractivity contribution < 1.29 is 36.2 Å². The van der Waals surface area contributed by atoms with Gasteiger partial charge in [0.05, 0.1) is 53.9 Å². The third-order valence-corrected chi connectivity index (χ3v) is 9.29. The van der Waals surface area contributed by atoms with E-state index < -0.39 is 28.7 Å². The van der Waals surface area contributed by atoms with Crippen molar-refractivity contribution in [1.82, 2.24) is 9.47 Å². The number of benzene rings is 2. The molecule has 9 nitrogen and oxygen atoms in total. The van der Waals surface area contributed by atoms with E-state index in [0.29, 0.717) is 28.9 Å². The maximum absolute atomic E-state index is 13.6. The Kier molecular flexibility index (Phi) is 11.1. The van der Waals surface area contributed by atoms with Crippen LogP contribution >= 0.6 is 0 Å². The molecule has 13 heteroatoms. The van der Waals surface area contributed by atoms with E-state index in [1.54, 1.807) is 38.3 Å². The molecule has 3 aromatic rings. The number of rotatable bonds is 12. The second-order valence-corrected chi connectivity index (χ2v) is 13.0.